The Hall–Kier alpha value is -1.78. The summed E-state index contributed by atoms with van der Waals surface area (Å²) < 4.78 is 14.3. The van der Waals surface area contributed by atoms with Crippen molar-refractivity contribution < 1.29 is 4.39 Å². The van der Waals surface area contributed by atoms with Crippen LogP contribution in [0.25, 0.3) is 0 Å². The zero-order valence-electron chi connectivity index (χ0n) is 12.2. The van der Waals surface area contributed by atoms with Crippen LogP contribution in [0.1, 0.15) is 18.1 Å². The highest BCUT2D eigenvalue weighted by atomic mass is 35.5. The molecule has 1 heterocycles. The van der Waals surface area contributed by atoms with Gasteiger partial charge in [0, 0.05) is 23.2 Å². The first-order valence-corrected chi connectivity index (χ1v) is 7.68. The van der Waals surface area contributed by atoms with E-state index in [0.717, 1.165) is 11.3 Å². The molecule has 0 saturated carbocycles. The van der Waals surface area contributed by atoms with Crippen molar-refractivity contribution in [1.82, 2.24) is 0 Å². The number of benzodiazepines with no additional fused rings is 1. The molecule has 5 heteroatoms. The second kappa shape index (κ2) is 5.78. The Bertz CT molecular complexity index is 788. The molecule has 0 amide bonds. The van der Waals surface area contributed by atoms with Crippen molar-refractivity contribution in [3.63, 3.8) is 0 Å². The predicted octanol–water partition coefficient (Wildman–Crippen LogP) is 4.48. The summed E-state index contributed by atoms with van der Waals surface area (Å²) in [6, 6.07) is 11.9. The van der Waals surface area contributed by atoms with Crippen LogP contribution >= 0.6 is 23.8 Å². The zero-order chi connectivity index (χ0) is 15.9. The van der Waals surface area contributed by atoms with Crippen LogP contribution in [0.2, 0.25) is 5.02 Å². The highest BCUT2D eigenvalue weighted by Gasteiger charge is 2.26. The van der Waals surface area contributed by atoms with Crippen molar-refractivity contribution in [2.24, 2.45) is 4.99 Å². The first-order valence-electron chi connectivity index (χ1n) is 6.89. The minimum absolute atomic E-state index is 0.221. The van der Waals surface area contributed by atoms with Crippen molar-refractivity contribution in [2.45, 2.75) is 13.0 Å². The van der Waals surface area contributed by atoms with Gasteiger partial charge in [-0.05, 0) is 37.3 Å². The molecule has 2 aromatic rings. The molecule has 3 rings (SSSR count). The molecule has 0 N–H and O–H groups in total. The van der Waals surface area contributed by atoms with Crippen LogP contribution < -0.4 is 4.90 Å². The summed E-state index contributed by atoms with van der Waals surface area (Å²) in [5.74, 6) is -0.310. The van der Waals surface area contributed by atoms with Gasteiger partial charge < -0.3 is 4.90 Å². The molecule has 2 aromatic carbocycles. The normalized spacial score (nSPS) is 17.8. The van der Waals surface area contributed by atoms with E-state index in [-0.39, 0.29) is 11.9 Å². The van der Waals surface area contributed by atoms with E-state index >= 15 is 0 Å². The standard InChI is InChI=1S/C17H14ClFN2S/c1-10-17(22)21(2)15-8-7-11(18)9-13(15)16(20-10)12-5-3-4-6-14(12)19/h3-10H,1-2H3. The summed E-state index contributed by atoms with van der Waals surface area (Å²) in [7, 11) is 1.89. The van der Waals surface area contributed by atoms with Crippen molar-refractivity contribution >= 4 is 40.2 Å². The fourth-order valence-corrected chi connectivity index (χ4v) is 2.90. The van der Waals surface area contributed by atoms with Crippen LogP contribution in [0.3, 0.4) is 0 Å². The van der Waals surface area contributed by atoms with E-state index in [1.807, 2.05) is 24.9 Å². The Morgan fingerprint density at radius 3 is 2.64 bits per heavy atom. The van der Waals surface area contributed by atoms with Crippen LogP contribution in [-0.4, -0.2) is 23.8 Å². The van der Waals surface area contributed by atoms with E-state index in [2.05, 4.69) is 4.99 Å². The van der Waals surface area contributed by atoms with Crippen LogP contribution in [-0.2, 0) is 0 Å². The lowest BCUT2D eigenvalue weighted by atomic mass is 10.00. The fraction of sp³-hybridized carbons (Fsp3) is 0.176. The summed E-state index contributed by atoms with van der Waals surface area (Å²) in [5, 5.41) is 0.580. The van der Waals surface area contributed by atoms with E-state index in [1.165, 1.54) is 6.07 Å². The fourth-order valence-electron chi connectivity index (χ4n) is 2.58. The molecule has 0 spiro atoms. The number of thiocarbonyl (C=S) groups is 1. The molecule has 1 aliphatic heterocycles. The third-order valence-corrected chi connectivity index (χ3v) is 4.56. The highest BCUT2D eigenvalue weighted by molar-refractivity contribution is 7.80. The number of benzene rings is 2. The van der Waals surface area contributed by atoms with E-state index in [4.69, 9.17) is 23.8 Å². The van der Waals surface area contributed by atoms with Gasteiger partial charge in [0.25, 0.3) is 0 Å². The molecule has 1 unspecified atom stereocenters. The first-order chi connectivity index (χ1) is 10.5. The van der Waals surface area contributed by atoms with Gasteiger partial charge in [0.15, 0.2) is 0 Å². The van der Waals surface area contributed by atoms with Crippen molar-refractivity contribution in [3.8, 4) is 0 Å². The smallest absolute Gasteiger partial charge is 0.132 e. The second-order valence-electron chi connectivity index (χ2n) is 5.19. The predicted molar refractivity (Wildman–Crippen MR) is 94.0 cm³/mol. The number of nitrogens with zero attached hydrogens (tertiary/aromatic N) is 2. The van der Waals surface area contributed by atoms with Crippen LogP contribution in [0, 0.1) is 5.82 Å². The number of rotatable bonds is 1. The first kappa shape index (κ1) is 15.1. The van der Waals surface area contributed by atoms with Crippen molar-refractivity contribution in [3.05, 3.63) is 64.4 Å². The van der Waals surface area contributed by atoms with Crippen LogP contribution in [0.5, 0.6) is 0 Å². The number of likely N-dealkylation sites (N-methyl/N-ethyl adjacent to an activating group) is 1. The summed E-state index contributed by atoms with van der Waals surface area (Å²) in [6.07, 6.45) is 0. The lowest BCUT2D eigenvalue weighted by Gasteiger charge is -2.21. The minimum Gasteiger partial charge on any atom is -0.337 e. The number of halogens is 2. The summed E-state index contributed by atoms with van der Waals surface area (Å²) in [4.78, 5) is 7.25. The third kappa shape index (κ3) is 2.53. The molecule has 1 aliphatic rings. The van der Waals surface area contributed by atoms with Crippen LogP contribution in [0.15, 0.2) is 47.5 Å². The lowest BCUT2D eigenvalue weighted by molar-refractivity contribution is 0.625. The molecule has 112 valence electrons. The van der Waals surface area contributed by atoms with Gasteiger partial charge >= 0.3 is 0 Å². The number of anilines is 1. The van der Waals surface area contributed by atoms with E-state index in [0.29, 0.717) is 21.3 Å². The van der Waals surface area contributed by atoms with Crippen molar-refractivity contribution in [1.29, 1.82) is 0 Å². The van der Waals surface area contributed by atoms with E-state index in [1.54, 1.807) is 30.3 Å². The molecule has 22 heavy (non-hydrogen) atoms. The number of hydrogen-bond acceptors (Lipinski definition) is 2. The maximum atomic E-state index is 14.3. The topological polar surface area (TPSA) is 15.6 Å². The zero-order valence-corrected chi connectivity index (χ0v) is 13.7. The van der Waals surface area contributed by atoms with Gasteiger partial charge in [-0.25, -0.2) is 4.39 Å². The molecule has 0 aromatic heterocycles. The SMILES string of the molecule is CC1N=C(c2ccccc2F)c2cc(Cl)ccc2N(C)C1=S. The molecule has 0 fully saturated rings. The van der Waals surface area contributed by atoms with Crippen molar-refractivity contribution in [2.75, 3.05) is 11.9 Å². The molecule has 0 saturated heterocycles. The molecule has 0 aliphatic carbocycles. The third-order valence-electron chi connectivity index (χ3n) is 3.71. The summed E-state index contributed by atoms with van der Waals surface area (Å²) in [5.41, 5.74) is 2.69. The lowest BCUT2D eigenvalue weighted by Crippen LogP contribution is -2.31. The quantitative estimate of drug-likeness (QED) is 0.715. The molecular formula is C17H14ClFN2S. The summed E-state index contributed by atoms with van der Waals surface area (Å²) >= 11 is 11.6. The maximum absolute atomic E-state index is 14.3. The minimum atomic E-state index is -0.310. The van der Waals surface area contributed by atoms with Gasteiger partial charge in [-0.15, -0.1) is 0 Å². The molecular weight excluding hydrogens is 319 g/mol. The highest BCUT2D eigenvalue weighted by Crippen LogP contribution is 2.31. The molecule has 1 atom stereocenters. The second-order valence-corrected chi connectivity index (χ2v) is 6.05. The van der Waals surface area contributed by atoms with E-state index in [9.17, 15) is 4.39 Å². The maximum Gasteiger partial charge on any atom is 0.132 e. The van der Waals surface area contributed by atoms with Gasteiger partial charge in [-0.3, -0.25) is 4.99 Å². The van der Waals surface area contributed by atoms with Crippen LogP contribution in [0.4, 0.5) is 10.1 Å². The molecule has 2 nitrogen and oxygen atoms in total. The molecule has 0 radical (unpaired) electrons. The molecule has 0 bridgehead atoms. The van der Waals surface area contributed by atoms with E-state index < -0.39 is 0 Å². The number of fused-ring (bicyclic) bond motifs is 1. The van der Waals surface area contributed by atoms with Gasteiger partial charge in [-0.2, -0.15) is 0 Å². The average Bonchev–Trinajstić information content (AvgIpc) is 2.59. The Morgan fingerprint density at radius 2 is 1.91 bits per heavy atom. The monoisotopic (exact) mass is 332 g/mol. The Kier molecular flexibility index (Phi) is 3.98. The van der Waals surface area contributed by atoms with Gasteiger partial charge in [-0.1, -0.05) is 36.0 Å². The number of hydrogen-bond donors (Lipinski definition) is 0. The average molecular weight is 333 g/mol. The Balaban J connectivity index is 2.31. The van der Waals surface area contributed by atoms with Gasteiger partial charge in [0.2, 0.25) is 0 Å². The Labute approximate surface area is 139 Å². The Morgan fingerprint density at radius 1 is 1.18 bits per heavy atom. The van der Waals surface area contributed by atoms with Gasteiger partial charge in [0.05, 0.1) is 17.4 Å². The summed E-state index contributed by atoms with van der Waals surface area (Å²) in [6.45, 7) is 1.91. The number of aliphatic imine (C=N–C) groups is 1. The largest absolute Gasteiger partial charge is 0.337 e. The van der Waals surface area contributed by atoms with Gasteiger partial charge in [0.1, 0.15) is 10.8 Å².